The van der Waals surface area contributed by atoms with E-state index in [9.17, 15) is 4.79 Å². The van der Waals surface area contributed by atoms with Crippen LogP contribution in [-0.4, -0.2) is 24.0 Å². The Kier molecular flexibility index (Phi) is 2.41. The molecule has 0 bridgehead atoms. The van der Waals surface area contributed by atoms with E-state index in [4.69, 9.17) is 9.94 Å². The van der Waals surface area contributed by atoms with Gasteiger partial charge in [0.15, 0.2) is 0 Å². The molecule has 1 aromatic rings. The van der Waals surface area contributed by atoms with Crippen molar-refractivity contribution in [3.8, 4) is 0 Å². The summed E-state index contributed by atoms with van der Waals surface area (Å²) < 4.78 is 4.71. The van der Waals surface area contributed by atoms with Gasteiger partial charge < -0.3 is 9.94 Å². The normalized spacial score (nSPS) is 21.4. The molecule has 0 radical (unpaired) electrons. The number of hydrogen-bond donors (Lipinski definition) is 1. The van der Waals surface area contributed by atoms with Crippen molar-refractivity contribution < 1.29 is 14.7 Å². The lowest BCUT2D eigenvalue weighted by Crippen LogP contribution is -2.11. The minimum Gasteiger partial charge on any atom is -0.469 e. The van der Waals surface area contributed by atoms with E-state index in [0.29, 0.717) is 12.1 Å². The summed E-state index contributed by atoms with van der Waals surface area (Å²) in [6, 6.07) is 7.40. The molecule has 1 N–H and O–H groups in total. The van der Waals surface area contributed by atoms with Gasteiger partial charge >= 0.3 is 5.97 Å². The lowest BCUT2D eigenvalue weighted by molar-refractivity contribution is -0.142. The van der Waals surface area contributed by atoms with Gasteiger partial charge in [0, 0.05) is 12.0 Å². The summed E-state index contributed by atoms with van der Waals surface area (Å²) in [6.07, 6.45) is 0.405. The zero-order valence-electron chi connectivity index (χ0n) is 8.30. The average molecular weight is 205 g/mol. The highest BCUT2D eigenvalue weighted by molar-refractivity contribution is 6.08. The molecule has 4 nitrogen and oxygen atoms in total. The summed E-state index contributed by atoms with van der Waals surface area (Å²) in [7, 11) is 1.36. The van der Waals surface area contributed by atoms with E-state index < -0.39 is 0 Å². The summed E-state index contributed by atoms with van der Waals surface area (Å²) in [5.74, 6) is -0.627. The van der Waals surface area contributed by atoms with Crippen molar-refractivity contribution in [3.05, 3.63) is 35.4 Å². The molecule has 0 saturated carbocycles. The zero-order chi connectivity index (χ0) is 10.8. The number of rotatable bonds is 1. The van der Waals surface area contributed by atoms with Gasteiger partial charge in [0.25, 0.3) is 0 Å². The van der Waals surface area contributed by atoms with Gasteiger partial charge in [-0.25, -0.2) is 0 Å². The second kappa shape index (κ2) is 3.73. The van der Waals surface area contributed by atoms with Crippen LogP contribution in [0.5, 0.6) is 0 Å². The third-order valence-electron chi connectivity index (χ3n) is 2.65. The lowest BCUT2D eigenvalue weighted by atomic mass is 10.0. The van der Waals surface area contributed by atoms with Crippen molar-refractivity contribution in [1.29, 1.82) is 0 Å². The number of esters is 1. The Morgan fingerprint density at radius 3 is 2.93 bits per heavy atom. The summed E-state index contributed by atoms with van der Waals surface area (Å²) in [4.78, 5) is 11.5. The van der Waals surface area contributed by atoms with Crippen LogP contribution in [0.3, 0.4) is 0 Å². The van der Waals surface area contributed by atoms with Gasteiger partial charge in [-0.1, -0.05) is 29.4 Å². The molecule has 0 heterocycles. The first-order chi connectivity index (χ1) is 7.27. The van der Waals surface area contributed by atoms with E-state index in [1.807, 2.05) is 24.3 Å². The number of benzene rings is 1. The van der Waals surface area contributed by atoms with Crippen LogP contribution in [0.2, 0.25) is 0 Å². The topological polar surface area (TPSA) is 58.9 Å². The van der Waals surface area contributed by atoms with Gasteiger partial charge in [0.2, 0.25) is 0 Å². The quantitative estimate of drug-likeness (QED) is 0.429. The van der Waals surface area contributed by atoms with Crippen molar-refractivity contribution in [2.75, 3.05) is 7.11 Å². The standard InChI is InChI=1S/C11H11NO3/c1-15-11(13)9-6-10(12-14)8-5-3-2-4-7(8)9/h2-5,9,14H,6H2,1H3/b12-10-/t9-/m1/s1. The molecule has 0 spiro atoms. The van der Waals surface area contributed by atoms with E-state index in [0.717, 1.165) is 11.1 Å². The van der Waals surface area contributed by atoms with Crippen LogP contribution in [0.25, 0.3) is 0 Å². The monoisotopic (exact) mass is 205 g/mol. The van der Waals surface area contributed by atoms with E-state index >= 15 is 0 Å². The van der Waals surface area contributed by atoms with Crippen LogP contribution < -0.4 is 0 Å². The Labute approximate surface area is 87.2 Å². The molecule has 0 unspecified atom stereocenters. The number of fused-ring (bicyclic) bond motifs is 1. The smallest absolute Gasteiger partial charge is 0.313 e. The van der Waals surface area contributed by atoms with Gasteiger partial charge in [-0.2, -0.15) is 0 Å². The summed E-state index contributed by atoms with van der Waals surface area (Å²) in [6.45, 7) is 0. The van der Waals surface area contributed by atoms with Gasteiger partial charge in [-0.3, -0.25) is 4.79 Å². The number of methoxy groups -OCH3 is 1. The highest BCUT2D eigenvalue weighted by Gasteiger charge is 2.33. The largest absolute Gasteiger partial charge is 0.469 e. The third kappa shape index (κ3) is 1.48. The highest BCUT2D eigenvalue weighted by atomic mass is 16.5. The van der Waals surface area contributed by atoms with Crippen LogP contribution in [0, 0.1) is 0 Å². The molecular formula is C11H11NO3. The molecule has 4 heteroatoms. The van der Waals surface area contributed by atoms with Gasteiger partial charge in [0.1, 0.15) is 0 Å². The van der Waals surface area contributed by atoms with E-state index in [2.05, 4.69) is 5.16 Å². The SMILES string of the molecule is COC(=O)[C@@H]1C/C(=N/O)c2ccccc21. The number of carbonyl (C=O) groups is 1. The summed E-state index contributed by atoms with van der Waals surface area (Å²) in [5, 5.41) is 12.0. The minimum atomic E-state index is -0.336. The Balaban J connectivity index is 2.46. The molecule has 0 amide bonds. The maximum Gasteiger partial charge on any atom is 0.313 e. The Hall–Kier alpha value is -1.84. The fourth-order valence-electron chi connectivity index (χ4n) is 1.92. The van der Waals surface area contributed by atoms with Crippen molar-refractivity contribution in [2.24, 2.45) is 5.16 Å². The molecule has 1 aromatic carbocycles. The fraction of sp³-hybridized carbons (Fsp3) is 0.273. The molecule has 0 saturated heterocycles. The number of ether oxygens (including phenoxy) is 1. The summed E-state index contributed by atoms with van der Waals surface area (Å²) in [5.41, 5.74) is 2.24. The molecule has 1 aliphatic carbocycles. The fourth-order valence-corrected chi connectivity index (χ4v) is 1.92. The first-order valence-corrected chi connectivity index (χ1v) is 4.66. The van der Waals surface area contributed by atoms with Gasteiger partial charge in [-0.05, 0) is 5.56 Å². The number of nitrogens with zero attached hydrogens (tertiary/aromatic N) is 1. The lowest BCUT2D eigenvalue weighted by Gasteiger charge is -2.06. The number of oxime groups is 1. The molecule has 15 heavy (non-hydrogen) atoms. The van der Waals surface area contributed by atoms with E-state index in [-0.39, 0.29) is 11.9 Å². The molecule has 2 rings (SSSR count). The van der Waals surface area contributed by atoms with Gasteiger partial charge in [0.05, 0.1) is 18.7 Å². The average Bonchev–Trinajstić information content (AvgIpc) is 2.67. The molecule has 78 valence electrons. The van der Waals surface area contributed by atoms with Crippen molar-refractivity contribution in [1.82, 2.24) is 0 Å². The summed E-state index contributed by atoms with van der Waals surface area (Å²) >= 11 is 0. The Morgan fingerprint density at radius 1 is 1.53 bits per heavy atom. The maximum absolute atomic E-state index is 11.5. The molecular weight excluding hydrogens is 194 g/mol. The molecule has 0 aliphatic heterocycles. The molecule has 0 fully saturated rings. The van der Waals surface area contributed by atoms with E-state index in [1.165, 1.54) is 7.11 Å². The van der Waals surface area contributed by atoms with Crippen LogP contribution in [-0.2, 0) is 9.53 Å². The van der Waals surface area contributed by atoms with Crippen molar-refractivity contribution in [3.63, 3.8) is 0 Å². The van der Waals surface area contributed by atoms with Crippen LogP contribution >= 0.6 is 0 Å². The Bertz CT molecular complexity index is 426. The molecule has 1 aliphatic rings. The van der Waals surface area contributed by atoms with Crippen LogP contribution in [0.4, 0.5) is 0 Å². The second-order valence-electron chi connectivity index (χ2n) is 3.41. The van der Waals surface area contributed by atoms with Gasteiger partial charge in [-0.15, -0.1) is 0 Å². The predicted molar refractivity (Wildman–Crippen MR) is 54.1 cm³/mol. The first-order valence-electron chi connectivity index (χ1n) is 4.66. The molecule has 1 atom stereocenters. The molecule has 0 aromatic heterocycles. The predicted octanol–water partition coefficient (Wildman–Crippen LogP) is 1.53. The van der Waals surface area contributed by atoms with E-state index in [1.54, 1.807) is 0 Å². The number of hydrogen-bond acceptors (Lipinski definition) is 4. The van der Waals surface area contributed by atoms with Crippen LogP contribution in [0.15, 0.2) is 29.4 Å². The Morgan fingerprint density at radius 2 is 2.27 bits per heavy atom. The minimum absolute atomic E-state index is 0.291. The van der Waals surface area contributed by atoms with Crippen LogP contribution in [0.1, 0.15) is 23.5 Å². The third-order valence-corrected chi connectivity index (χ3v) is 2.65. The second-order valence-corrected chi connectivity index (χ2v) is 3.41. The van der Waals surface area contributed by atoms with Crippen molar-refractivity contribution >= 4 is 11.7 Å². The zero-order valence-corrected chi connectivity index (χ0v) is 8.30. The highest BCUT2D eigenvalue weighted by Crippen LogP contribution is 2.33. The first kappa shape index (κ1) is 9.71. The van der Waals surface area contributed by atoms with Crippen molar-refractivity contribution in [2.45, 2.75) is 12.3 Å². The number of carbonyl (C=O) groups excluding carboxylic acids is 1. The maximum atomic E-state index is 11.5.